The Morgan fingerprint density at radius 3 is 2.68 bits per heavy atom. The lowest BCUT2D eigenvalue weighted by Gasteiger charge is -2.37. The number of aliphatic hydroxyl groups is 1. The average Bonchev–Trinajstić information content (AvgIpc) is 2.56. The highest BCUT2D eigenvalue weighted by molar-refractivity contribution is 5.79. The SMILES string of the molecule is CCNC(=NCc1ccc(C)cc1OC(C)CC)NCC1(O)CCC1. The van der Waals surface area contributed by atoms with E-state index in [4.69, 9.17) is 4.74 Å². The van der Waals surface area contributed by atoms with E-state index in [0.29, 0.717) is 13.1 Å². The number of ether oxygens (including phenoxy) is 1. The minimum absolute atomic E-state index is 0.184. The van der Waals surface area contributed by atoms with E-state index in [1.54, 1.807) is 0 Å². The maximum atomic E-state index is 10.2. The van der Waals surface area contributed by atoms with Crippen LogP contribution in [0.4, 0.5) is 0 Å². The number of hydrogen-bond acceptors (Lipinski definition) is 3. The van der Waals surface area contributed by atoms with E-state index in [0.717, 1.165) is 49.5 Å². The second-order valence-electron chi connectivity index (χ2n) is 7.07. The molecule has 2 rings (SSSR count). The van der Waals surface area contributed by atoms with E-state index in [9.17, 15) is 5.11 Å². The maximum absolute atomic E-state index is 10.2. The molecule has 0 spiro atoms. The summed E-state index contributed by atoms with van der Waals surface area (Å²) in [5, 5.41) is 16.8. The molecule has 0 bridgehead atoms. The Morgan fingerprint density at radius 2 is 2.08 bits per heavy atom. The van der Waals surface area contributed by atoms with E-state index in [1.165, 1.54) is 5.56 Å². The van der Waals surface area contributed by atoms with Gasteiger partial charge in [0.25, 0.3) is 0 Å². The number of guanidine groups is 1. The van der Waals surface area contributed by atoms with E-state index < -0.39 is 5.60 Å². The van der Waals surface area contributed by atoms with Crippen molar-refractivity contribution < 1.29 is 9.84 Å². The van der Waals surface area contributed by atoms with Gasteiger partial charge in [-0.25, -0.2) is 4.99 Å². The van der Waals surface area contributed by atoms with Crippen LogP contribution < -0.4 is 15.4 Å². The number of rotatable bonds is 8. The fraction of sp³-hybridized carbons (Fsp3) is 0.650. The van der Waals surface area contributed by atoms with E-state index in [2.05, 4.69) is 54.6 Å². The largest absolute Gasteiger partial charge is 0.490 e. The van der Waals surface area contributed by atoms with E-state index in [1.807, 2.05) is 6.92 Å². The monoisotopic (exact) mass is 347 g/mol. The van der Waals surface area contributed by atoms with Crippen molar-refractivity contribution in [3.8, 4) is 5.75 Å². The lowest BCUT2D eigenvalue weighted by molar-refractivity contribution is -0.0279. The highest BCUT2D eigenvalue weighted by atomic mass is 16.5. The number of aliphatic imine (C=N–C) groups is 1. The average molecular weight is 348 g/mol. The van der Waals surface area contributed by atoms with Crippen molar-refractivity contribution >= 4 is 5.96 Å². The van der Waals surface area contributed by atoms with Crippen LogP contribution in [0.2, 0.25) is 0 Å². The third kappa shape index (κ3) is 5.92. The Balaban J connectivity index is 2.05. The van der Waals surface area contributed by atoms with Crippen molar-refractivity contribution in [2.45, 2.75) is 71.6 Å². The molecule has 5 nitrogen and oxygen atoms in total. The van der Waals surface area contributed by atoms with Gasteiger partial charge >= 0.3 is 0 Å². The molecule has 1 aromatic rings. The fourth-order valence-corrected chi connectivity index (χ4v) is 2.72. The molecule has 140 valence electrons. The molecule has 0 aromatic heterocycles. The third-order valence-corrected chi connectivity index (χ3v) is 4.75. The summed E-state index contributed by atoms with van der Waals surface area (Å²) in [4.78, 5) is 4.67. The topological polar surface area (TPSA) is 65.9 Å². The Morgan fingerprint density at radius 1 is 1.32 bits per heavy atom. The third-order valence-electron chi connectivity index (χ3n) is 4.75. The molecular weight excluding hydrogens is 314 g/mol. The van der Waals surface area contributed by atoms with Crippen molar-refractivity contribution in [3.05, 3.63) is 29.3 Å². The first-order chi connectivity index (χ1) is 12.0. The van der Waals surface area contributed by atoms with Crippen molar-refractivity contribution in [1.82, 2.24) is 10.6 Å². The van der Waals surface area contributed by atoms with Gasteiger partial charge in [0.2, 0.25) is 0 Å². The van der Waals surface area contributed by atoms with Crippen molar-refractivity contribution in [2.75, 3.05) is 13.1 Å². The molecule has 0 aliphatic heterocycles. The van der Waals surface area contributed by atoms with Gasteiger partial charge in [-0.3, -0.25) is 0 Å². The normalized spacial score (nSPS) is 17.6. The minimum Gasteiger partial charge on any atom is -0.490 e. The standard InChI is InChI=1S/C20H33N3O2/c1-5-16(4)25-18-12-15(3)8-9-17(18)13-22-19(21-6-2)23-14-20(24)10-7-11-20/h8-9,12,16,24H,5-7,10-11,13-14H2,1-4H3,(H2,21,22,23). The number of nitrogens with zero attached hydrogens (tertiary/aromatic N) is 1. The van der Waals surface area contributed by atoms with Crippen LogP contribution in [-0.2, 0) is 6.54 Å². The molecule has 25 heavy (non-hydrogen) atoms. The summed E-state index contributed by atoms with van der Waals surface area (Å²) in [7, 11) is 0. The van der Waals surface area contributed by atoms with Crippen molar-refractivity contribution in [3.63, 3.8) is 0 Å². The lowest BCUT2D eigenvalue weighted by Crippen LogP contribution is -2.50. The van der Waals surface area contributed by atoms with Crippen LogP contribution in [-0.4, -0.2) is 35.9 Å². The molecule has 1 saturated carbocycles. The fourth-order valence-electron chi connectivity index (χ4n) is 2.72. The van der Waals surface area contributed by atoms with E-state index >= 15 is 0 Å². The number of nitrogens with one attached hydrogen (secondary N) is 2. The zero-order valence-electron chi connectivity index (χ0n) is 16.1. The zero-order valence-corrected chi connectivity index (χ0v) is 16.1. The summed E-state index contributed by atoms with van der Waals surface area (Å²) < 4.78 is 6.06. The molecular formula is C20H33N3O2. The lowest BCUT2D eigenvalue weighted by atomic mass is 9.80. The summed E-state index contributed by atoms with van der Waals surface area (Å²) in [6.45, 7) is 10.2. The molecule has 0 saturated heterocycles. The van der Waals surface area contributed by atoms with Gasteiger partial charge in [0.15, 0.2) is 5.96 Å². The molecule has 1 aliphatic rings. The Hall–Kier alpha value is -1.75. The highest BCUT2D eigenvalue weighted by Crippen LogP contribution is 2.30. The quantitative estimate of drug-likeness (QED) is 0.499. The molecule has 1 aromatic carbocycles. The predicted octanol–water partition coefficient (Wildman–Crippen LogP) is 3.14. The van der Waals surface area contributed by atoms with Crippen molar-refractivity contribution in [1.29, 1.82) is 0 Å². The van der Waals surface area contributed by atoms with Crippen LogP contribution in [0.3, 0.4) is 0 Å². The first-order valence-corrected chi connectivity index (χ1v) is 9.46. The number of hydrogen-bond donors (Lipinski definition) is 3. The van der Waals surface area contributed by atoms with Gasteiger partial charge in [-0.2, -0.15) is 0 Å². The van der Waals surface area contributed by atoms with Crippen LogP contribution in [0.5, 0.6) is 5.75 Å². The Kier molecular flexibility index (Phi) is 7.12. The van der Waals surface area contributed by atoms with Crippen LogP contribution in [0.1, 0.15) is 57.6 Å². The Labute approximate surface area is 151 Å². The molecule has 3 N–H and O–H groups in total. The van der Waals surface area contributed by atoms with Crippen LogP contribution in [0, 0.1) is 6.92 Å². The molecule has 0 amide bonds. The second kappa shape index (κ2) is 9.09. The van der Waals surface area contributed by atoms with Gasteiger partial charge in [0, 0.05) is 18.7 Å². The first-order valence-electron chi connectivity index (χ1n) is 9.46. The molecule has 0 radical (unpaired) electrons. The van der Waals surface area contributed by atoms with Gasteiger partial charge in [-0.1, -0.05) is 19.1 Å². The van der Waals surface area contributed by atoms with Crippen LogP contribution in [0.15, 0.2) is 23.2 Å². The smallest absolute Gasteiger partial charge is 0.191 e. The van der Waals surface area contributed by atoms with Gasteiger partial charge in [0.1, 0.15) is 5.75 Å². The molecule has 1 atom stereocenters. The van der Waals surface area contributed by atoms with Gasteiger partial charge in [0.05, 0.1) is 18.2 Å². The molecule has 1 unspecified atom stereocenters. The summed E-state index contributed by atoms with van der Waals surface area (Å²) in [5.41, 5.74) is 1.69. The minimum atomic E-state index is -0.565. The second-order valence-corrected chi connectivity index (χ2v) is 7.07. The molecule has 1 aliphatic carbocycles. The zero-order chi connectivity index (χ0) is 18.3. The summed E-state index contributed by atoms with van der Waals surface area (Å²) >= 11 is 0. The van der Waals surface area contributed by atoms with Crippen LogP contribution in [0.25, 0.3) is 0 Å². The maximum Gasteiger partial charge on any atom is 0.191 e. The first kappa shape index (κ1) is 19.6. The summed E-state index contributed by atoms with van der Waals surface area (Å²) in [6, 6.07) is 6.25. The summed E-state index contributed by atoms with van der Waals surface area (Å²) in [6.07, 6.45) is 3.99. The number of aryl methyl sites for hydroxylation is 1. The van der Waals surface area contributed by atoms with Gasteiger partial charge in [-0.15, -0.1) is 0 Å². The molecule has 0 heterocycles. The molecule has 5 heteroatoms. The molecule has 1 fully saturated rings. The predicted molar refractivity (Wildman–Crippen MR) is 103 cm³/mol. The van der Waals surface area contributed by atoms with Gasteiger partial charge < -0.3 is 20.5 Å². The number of benzene rings is 1. The van der Waals surface area contributed by atoms with Crippen molar-refractivity contribution in [2.24, 2.45) is 4.99 Å². The summed E-state index contributed by atoms with van der Waals surface area (Å²) in [5.74, 6) is 1.64. The van der Waals surface area contributed by atoms with Crippen LogP contribution >= 0.6 is 0 Å². The highest BCUT2D eigenvalue weighted by Gasteiger charge is 2.34. The Bertz CT molecular complexity index is 582. The van der Waals surface area contributed by atoms with Gasteiger partial charge in [-0.05, 0) is 58.1 Å². The van der Waals surface area contributed by atoms with E-state index in [-0.39, 0.29) is 6.10 Å².